The molecule has 24 heavy (non-hydrogen) atoms. The largest absolute Gasteiger partial charge is 0.454 e. The molecule has 0 radical (unpaired) electrons. The molecule has 2 aromatic heterocycles. The maximum Gasteiger partial charge on any atom is 0.294 e. The van der Waals surface area contributed by atoms with Crippen LogP contribution in [0.4, 0.5) is 0 Å². The third-order valence-electron chi connectivity index (χ3n) is 3.37. The fourth-order valence-electron chi connectivity index (χ4n) is 2.33. The van der Waals surface area contributed by atoms with Gasteiger partial charge in [0.1, 0.15) is 4.21 Å². The van der Waals surface area contributed by atoms with E-state index in [2.05, 4.69) is 10.3 Å². The van der Waals surface area contributed by atoms with Crippen molar-refractivity contribution in [3.05, 3.63) is 34.4 Å². The molecule has 1 aromatic carbocycles. The maximum absolute atomic E-state index is 12.4. The molecule has 0 spiro atoms. The lowest BCUT2D eigenvalue weighted by Gasteiger charge is -2.01. The van der Waals surface area contributed by atoms with Crippen molar-refractivity contribution in [3.63, 3.8) is 0 Å². The van der Waals surface area contributed by atoms with E-state index in [9.17, 15) is 8.42 Å². The summed E-state index contributed by atoms with van der Waals surface area (Å²) in [4.78, 5) is 0.319. The molecule has 0 N–H and O–H groups in total. The van der Waals surface area contributed by atoms with Gasteiger partial charge in [0.05, 0.1) is 16.8 Å². The SMILES string of the molecule is C#CCn1/c(=N/S(=O)(=O)c2cccs2)sc2cc3c(cc21)OCO3. The summed E-state index contributed by atoms with van der Waals surface area (Å²) in [6.07, 6.45) is 5.44. The average Bonchev–Trinajstić information content (AvgIpc) is 3.26. The Morgan fingerprint density at radius 1 is 1.33 bits per heavy atom. The summed E-state index contributed by atoms with van der Waals surface area (Å²) < 4.78 is 42.3. The highest BCUT2D eigenvalue weighted by Crippen LogP contribution is 2.37. The van der Waals surface area contributed by atoms with E-state index in [-0.39, 0.29) is 17.5 Å². The van der Waals surface area contributed by atoms with Crippen molar-refractivity contribution in [2.75, 3.05) is 6.79 Å². The lowest BCUT2D eigenvalue weighted by molar-refractivity contribution is 0.174. The van der Waals surface area contributed by atoms with Crippen LogP contribution in [0.25, 0.3) is 10.2 Å². The van der Waals surface area contributed by atoms with Crippen molar-refractivity contribution in [3.8, 4) is 23.8 Å². The van der Waals surface area contributed by atoms with Gasteiger partial charge >= 0.3 is 0 Å². The van der Waals surface area contributed by atoms with Gasteiger partial charge in [-0.15, -0.1) is 22.2 Å². The number of thiazole rings is 1. The summed E-state index contributed by atoms with van der Waals surface area (Å²) >= 11 is 2.37. The number of nitrogens with zero attached hydrogens (tertiary/aromatic N) is 2. The Bertz CT molecular complexity index is 1130. The van der Waals surface area contributed by atoms with Crippen molar-refractivity contribution >= 4 is 42.9 Å². The first-order valence-corrected chi connectivity index (χ1v) is 9.93. The Hall–Kier alpha value is -2.28. The smallest absolute Gasteiger partial charge is 0.294 e. The van der Waals surface area contributed by atoms with Gasteiger partial charge in [0.25, 0.3) is 10.0 Å². The molecule has 9 heteroatoms. The molecule has 0 bridgehead atoms. The summed E-state index contributed by atoms with van der Waals surface area (Å²) in [5, 5.41) is 1.70. The number of hydrogen-bond acceptors (Lipinski definition) is 6. The summed E-state index contributed by atoms with van der Waals surface area (Å²) in [6, 6.07) is 6.81. The van der Waals surface area contributed by atoms with E-state index >= 15 is 0 Å². The Morgan fingerprint density at radius 2 is 2.12 bits per heavy atom. The third kappa shape index (κ3) is 2.49. The summed E-state index contributed by atoms with van der Waals surface area (Å²) in [7, 11) is -3.77. The predicted molar refractivity (Wildman–Crippen MR) is 91.8 cm³/mol. The van der Waals surface area contributed by atoms with Crippen molar-refractivity contribution < 1.29 is 17.9 Å². The van der Waals surface area contributed by atoms with Gasteiger partial charge in [-0.2, -0.15) is 8.42 Å². The zero-order chi connectivity index (χ0) is 16.7. The number of hydrogen-bond donors (Lipinski definition) is 0. The molecule has 0 amide bonds. The summed E-state index contributed by atoms with van der Waals surface area (Å²) in [5.41, 5.74) is 0.766. The second-order valence-corrected chi connectivity index (χ2v) is 8.63. The molecule has 0 atom stereocenters. The molecule has 4 rings (SSSR count). The second kappa shape index (κ2) is 5.66. The fraction of sp³-hybridized carbons (Fsp3) is 0.133. The van der Waals surface area contributed by atoms with Crippen LogP contribution in [-0.2, 0) is 16.6 Å². The van der Waals surface area contributed by atoms with Gasteiger partial charge in [0.2, 0.25) is 11.6 Å². The number of terminal acetylenes is 1. The van der Waals surface area contributed by atoms with Crippen molar-refractivity contribution in [2.24, 2.45) is 4.40 Å². The topological polar surface area (TPSA) is 69.9 Å². The molecule has 1 aliphatic heterocycles. The fourth-order valence-corrected chi connectivity index (χ4v) is 5.54. The molecule has 3 heterocycles. The molecule has 0 fully saturated rings. The average molecular weight is 378 g/mol. The first kappa shape index (κ1) is 15.3. The van der Waals surface area contributed by atoms with Crippen molar-refractivity contribution in [1.82, 2.24) is 4.57 Å². The highest BCUT2D eigenvalue weighted by atomic mass is 32.2. The number of aromatic nitrogens is 1. The van der Waals surface area contributed by atoms with E-state index in [1.807, 2.05) is 6.07 Å². The zero-order valence-electron chi connectivity index (χ0n) is 12.1. The number of rotatable bonds is 3. The monoisotopic (exact) mass is 378 g/mol. The van der Waals surface area contributed by atoms with Crippen LogP contribution in [0.2, 0.25) is 0 Å². The molecule has 0 aliphatic carbocycles. The number of fused-ring (bicyclic) bond motifs is 2. The summed E-state index contributed by atoms with van der Waals surface area (Å²) in [5.74, 6) is 3.78. The minimum atomic E-state index is -3.77. The van der Waals surface area contributed by atoms with Gasteiger partial charge in [-0.1, -0.05) is 23.3 Å². The van der Waals surface area contributed by atoms with E-state index in [4.69, 9.17) is 15.9 Å². The highest BCUT2D eigenvalue weighted by Gasteiger charge is 2.19. The number of thiophene rings is 1. The first-order chi connectivity index (χ1) is 11.6. The lowest BCUT2D eigenvalue weighted by Crippen LogP contribution is -2.16. The van der Waals surface area contributed by atoms with E-state index in [0.29, 0.717) is 16.3 Å². The van der Waals surface area contributed by atoms with Gasteiger partial charge in [-0.25, -0.2) is 0 Å². The van der Waals surface area contributed by atoms with Gasteiger partial charge in [-0.3, -0.25) is 0 Å². The van der Waals surface area contributed by atoms with Gasteiger partial charge in [-0.05, 0) is 11.4 Å². The van der Waals surface area contributed by atoms with Gasteiger partial charge in [0.15, 0.2) is 11.5 Å². The molecule has 3 aromatic rings. The second-order valence-electron chi connectivity index (χ2n) is 4.85. The molecular weight excluding hydrogens is 368 g/mol. The van der Waals surface area contributed by atoms with E-state index < -0.39 is 10.0 Å². The standard InChI is InChI=1S/C15H10N2O4S3/c1-2-5-17-10-7-11-12(21-9-20-11)8-13(10)23-15(17)16-24(18,19)14-4-3-6-22-14/h1,3-4,6-8H,5,9H2/b16-15-. The Balaban J connectivity index is 1.97. The normalized spacial score (nSPS) is 14.2. The van der Waals surface area contributed by atoms with Gasteiger partial charge in [0, 0.05) is 12.1 Å². The molecule has 122 valence electrons. The van der Waals surface area contributed by atoms with E-state index in [1.54, 1.807) is 22.1 Å². The van der Waals surface area contributed by atoms with Gasteiger partial charge < -0.3 is 14.0 Å². The third-order valence-corrected chi connectivity index (χ3v) is 7.17. The number of benzene rings is 1. The minimum Gasteiger partial charge on any atom is -0.454 e. The van der Waals surface area contributed by atoms with E-state index in [0.717, 1.165) is 21.6 Å². The van der Waals surface area contributed by atoms with Crippen LogP contribution in [0.5, 0.6) is 11.5 Å². The minimum absolute atomic E-state index is 0.172. The lowest BCUT2D eigenvalue weighted by atomic mass is 10.3. The predicted octanol–water partition coefficient (Wildman–Crippen LogP) is 2.42. The highest BCUT2D eigenvalue weighted by molar-refractivity contribution is 7.92. The molecule has 6 nitrogen and oxygen atoms in total. The maximum atomic E-state index is 12.4. The zero-order valence-corrected chi connectivity index (χ0v) is 14.6. The number of sulfonamides is 1. The van der Waals surface area contributed by atoms with E-state index in [1.165, 1.54) is 17.4 Å². The molecular formula is C15H10N2O4S3. The van der Waals surface area contributed by atoms with Crippen molar-refractivity contribution in [2.45, 2.75) is 10.8 Å². The van der Waals surface area contributed by atoms with Crippen molar-refractivity contribution in [1.29, 1.82) is 0 Å². The Labute approximate surface area is 145 Å². The van der Waals surface area contributed by atoms with Crippen LogP contribution in [0.15, 0.2) is 38.3 Å². The van der Waals surface area contributed by atoms with Crippen LogP contribution >= 0.6 is 22.7 Å². The summed E-state index contributed by atoms with van der Waals surface area (Å²) in [6.45, 7) is 0.379. The van der Waals surface area contributed by atoms with Crippen LogP contribution in [0, 0.1) is 12.3 Å². The van der Waals surface area contributed by atoms with Crippen LogP contribution in [0.3, 0.4) is 0 Å². The van der Waals surface area contributed by atoms with Crippen LogP contribution < -0.4 is 14.3 Å². The molecule has 0 saturated carbocycles. The molecule has 0 unspecified atom stereocenters. The number of ether oxygens (including phenoxy) is 2. The van der Waals surface area contributed by atoms with Crippen LogP contribution in [-0.4, -0.2) is 19.8 Å². The molecule has 0 saturated heterocycles. The Kier molecular flexibility index (Phi) is 3.60. The first-order valence-electron chi connectivity index (χ1n) is 6.79. The molecule has 1 aliphatic rings. The quantitative estimate of drug-likeness (QED) is 0.657. The Morgan fingerprint density at radius 3 is 2.83 bits per heavy atom. The van der Waals surface area contributed by atoms with Crippen LogP contribution in [0.1, 0.15) is 0 Å².